The van der Waals surface area contributed by atoms with E-state index in [0.717, 1.165) is 0 Å². The highest BCUT2D eigenvalue weighted by atomic mass is 32.2. The summed E-state index contributed by atoms with van der Waals surface area (Å²) in [5.74, 6) is -1.50. The van der Waals surface area contributed by atoms with E-state index in [9.17, 15) is 18.0 Å². The summed E-state index contributed by atoms with van der Waals surface area (Å²) in [5, 5.41) is 8.91. The first kappa shape index (κ1) is 17.7. The van der Waals surface area contributed by atoms with Gasteiger partial charge in [-0.15, -0.1) is 0 Å². The lowest BCUT2D eigenvalue weighted by Gasteiger charge is -2.38. The average Bonchev–Trinajstić information content (AvgIpc) is 2.23. The van der Waals surface area contributed by atoms with Gasteiger partial charge in [0, 0.05) is 20.1 Å². The molecule has 8 heteroatoms. The number of sulfone groups is 1. The minimum Gasteiger partial charge on any atom is -0.481 e. The molecule has 1 fully saturated rings. The Morgan fingerprint density at radius 2 is 1.90 bits per heavy atom. The third-order valence-corrected chi connectivity index (χ3v) is 4.92. The lowest BCUT2D eigenvalue weighted by molar-refractivity contribution is -0.138. The monoisotopic (exact) mass is 320 g/mol. The zero-order chi connectivity index (χ0) is 16.4. The fourth-order valence-electron chi connectivity index (χ4n) is 2.51. The SMILES string of the molecule is CN(CC(C)(C)C)C(=O)N1CCS(=O)(=O)CC1CC(=O)O. The molecule has 0 aromatic carbocycles. The first-order valence-corrected chi connectivity index (χ1v) is 8.67. The van der Waals surface area contributed by atoms with Crippen LogP contribution in [-0.4, -0.2) is 73.0 Å². The highest BCUT2D eigenvalue weighted by molar-refractivity contribution is 7.91. The maximum absolute atomic E-state index is 12.4. The normalized spacial score (nSPS) is 21.9. The number of hydrogen-bond donors (Lipinski definition) is 1. The van der Waals surface area contributed by atoms with E-state index >= 15 is 0 Å². The molecule has 0 spiro atoms. The summed E-state index contributed by atoms with van der Waals surface area (Å²) >= 11 is 0. The van der Waals surface area contributed by atoms with Gasteiger partial charge in [-0.3, -0.25) is 4.79 Å². The van der Waals surface area contributed by atoms with Crippen molar-refractivity contribution in [2.45, 2.75) is 33.2 Å². The predicted octanol–water partition coefficient (Wildman–Crippen LogP) is 0.658. The van der Waals surface area contributed by atoms with Crippen molar-refractivity contribution >= 4 is 21.8 Å². The summed E-state index contributed by atoms with van der Waals surface area (Å²) in [6.45, 7) is 6.53. The van der Waals surface area contributed by atoms with E-state index in [1.165, 1.54) is 9.80 Å². The molecule has 0 aliphatic carbocycles. The molecule has 1 aliphatic heterocycles. The van der Waals surface area contributed by atoms with Gasteiger partial charge in [0.1, 0.15) is 0 Å². The molecule has 0 saturated carbocycles. The summed E-state index contributed by atoms with van der Waals surface area (Å²) in [6, 6.07) is -1.11. The van der Waals surface area contributed by atoms with Gasteiger partial charge in [-0.2, -0.15) is 0 Å². The minimum atomic E-state index is -3.28. The molecule has 0 radical (unpaired) electrons. The molecular weight excluding hydrogens is 296 g/mol. The molecule has 1 N–H and O–H groups in total. The second kappa shape index (κ2) is 6.21. The molecule has 1 unspecified atom stereocenters. The zero-order valence-corrected chi connectivity index (χ0v) is 13.8. The minimum absolute atomic E-state index is 0.0492. The van der Waals surface area contributed by atoms with E-state index in [-0.39, 0.29) is 35.9 Å². The van der Waals surface area contributed by atoms with Gasteiger partial charge in [0.2, 0.25) is 0 Å². The molecule has 1 rings (SSSR count). The van der Waals surface area contributed by atoms with Gasteiger partial charge in [-0.05, 0) is 5.41 Å². The number of nitrogens with zero attached hydrogens (tertiary/aromatic N) is 2. The fourth-order valence-corrected chi connectivity index (χ4v) is 4.03. The van der Waals surface area contributed by atoms with Crippen molar-refractivity contribution in [1.82, 2.24) is 9.80 Å². The van der Waals surface area contributed by atoms with Gasteiger partial charge in [-0.25, -0.2) is 13.2 Å². The molecule has 122 valence electrons. The summed E-state index contributed by atoms with van der Waals surface area (Å²) in [6.07, 6.45) is -0.353. The van der Waals surface area contributed by atoms with Crippen molar-refractivity contribution in [1.29, 1.82) is 0 Å². The molecule has 1 saturated heterocycles. The summed E-state index contributed by atoms with van der Waals surface area (Å²) in [7, 11) is -1.63. The van der Waals surface area contributed by atoms with E-state index < -0.39 is 21.8 Å². The fraction of sp³-hybridized carbons (Fsp3) is 0.846. The number of amides is 2. The first-order valence-electron chi connectivity index (χ1n) is 6.85. The van der Waals surface area contributed by atoms with Gasteiger partial charge < -0.3 is 14.9 Å². The van der Waals surface area contributed by atoms with Crippen molar-refractivity contribution in [3.63, 3.8) is 0 Å². The van der Waals surface area contributed by atoms with Crippen LogP contribution in [0.5, 0.6) is 0 Å². The number of urea groups is 1. The van der Waals surface area contributed by atoms with Gasteiger partial charge in [0.05, 0.1) is 24.0 Å². The van der Waals surface area contributed by atoms with Crippen LogP contribution >= 0.6 is 0 Å². The lowest BCUT2D eigenvalue weighted by atomic mass is 9.96. The van der Waals surface area contributed by atoms with E-state index in [4.69, 9.17) is 5.11 Å². The van der Waals surface area contributed by atoms with Crippen LogP contribution in [0.15, 0.2) is 0 Å². The number of carboxylic acid groups (broad SMARTS) is 1. The molecule has 1 heterocycles. The Morgan fingerprint density at radius 1 is 1.33 bits per heavy atom. The van der Waals surface area contributed by atoms with E-state index in [0.29, 0.717) is 6.54 Å². The van der Waals surface area contributed by atoms with Gasteiger partial charge in [0.15, 0.2) is 9.84 Å². The summed E-state index contributed by atoms with van der Waals surface area (Å²) in [5.41, 5.74) is -0.0887. The maximum atomic E-state index is 12.4. The third-order valence-electron chi connectivity index (χ3n) is 3.22. The number of hydrogen-bond acceptors (Lipinski definition) is 4. The summed E-state index contributed by atoms with van der Waals surface area (Å²) in [4.78, 5) is 26.2. The second-order valence-corrected chi connectivity index (χ2v) is 8.99. The Morgan fingerprint density at radius 3 is 2.38 bits per heavy atom. The Balaban J connectivity index is 2.87. The lowest BCUT2D eigenvalue weighted by Crippen LogP contribution is -2.56. The molecule has 2 amide bonds. The Labute approximate surface area is 125 Å². The van der Waals surface area contributed by atoms with Crippen molar-refractivity contribution < 1.29 is 23.1 Å². The van der Waals surface area contributed by atoms with Crippen molar-refractivity contribution in [3.8, 4) is 0 Å². The van der Waals surface area contributed by atoms with Crippen molar-refractivity contribution in [2.24, 2.45) is 5.41 Å². The molecule has 0 aromatic heterocycles. The quantitative estimate of drug-likeness (QED) is 0.824. The standard InChI is InChI=1S/C13H24N2O5S/c1-13(2,3)9-14(4)12(18)15-5-6-21(19,20)8-10(15)7-11(16)17/h10H,5-9H2,1-4H3,(H,16,17). The molecule has 1 atom stereocenters. The number of carbonyl (C=O) groups is 2. The van der Waals surface area contributed by atoms with Crippen LogP contribution in [0.25, 0.3) is 0 Å². The van der Waals surface area contributed by atoms with E-state index in [2.05, 4.69) is 0 Å². The first-order chi connectivity index (χ1) is 9.41. The van der Waals surface area contributed by atoms with Gasteiger partial charge >= 0.3 is 12.0 Å². The largest absolute Gasteiger partial charge is 0.481 e. The van der Waals surface area contributed by atoms with Crippen LogP contribution in [0.4, 0.5) is 4.79 Å². The van der Waals surface area contributed by atoms with Crippen LogP contribution in [0.1, 0.15) is 27.2 Å². The molecule has 0 bridgehead atoms. The Hall–Kier alpha value is -1.31. The van der Waals surface area contributed by atoms with Gasteiger partial charge in [0.25, 0.3) is 0 Å². The smallest absolute Gasteiger partial charge is 0.320 e. The number of carboxylic acids is 1. The van der Waals surface area contributed by atoms with E-state index in [1.807, 2.05) is 20.8 Å². The van der Waals surface area contributed by atoms with Crippen molar-refractivity contribution in [3.05, 3.63) is 0 Å². The number of carbonyl (C=O) groups excluding carboxylic acids is 1. The third kappa shape index (κ3) is 5.53. The Bertz CT molecular complexity index is 509. The van der Waals surface area contributed by atoms with E-state index in [1.54, 1.807) is 7.05 Å². The average molecular weight is 320 g/mol. The Kier molecular flexibility index (Phi) is 5.25. The topological polar surface area (TPSA) is 95.0 Å². The second-order valence-electron chi connectivity index (χ2n) is 6.76. The molecule has 7 nitrogen and oxygen atoms in total. The zero-order valence-electron chi connectivity index (χ0n) is 13.0. The predicted molar refractivity (Wildman–Crippen MR) is 78.9 cm³/mol. The molecular formula is C13H24N2O5S. The van der Waals surface area contributed by atoms with Crippen LogP contribution in [0.3, 0.4) is 0 Å². The number of aliphatic carboxylic acids is 1. The molecule has 0 aromatic rings. The van der Waals surface area contributed by atoms with Crippen molar-refractivity contribution in [2.75, 3.05) is 31.6 Å². The molecule has 1 aliphatic rings. The molecule has 21 heavy (non-hydrogen) atoms. The highest BCUT2D eigenvalue weighted by Crippen LogP contribution is 2.19. The van der Waals surface area contributed by atoms with Crippen LogP contribution in [0.2, 0.25) is 0 Å². The van der Waals surface area contributed by atoms with Crippen LogP contribution in [-0.2, 0) is 14.6 Å². The maximum Gasteiger partial charge on any atom is 0.320 e. The van der Waals surface area contributed by atoms with Gasteiger partial charge in [-0.1, -0.05) is 20.8 Å². The van der Waals surface area contributed by atoms with Crippen LogP contribution in [0, 0.1) is 5.41 Å². The highest BCUT2D eigenvalue weighted by Gasteiger charge is 2.37. The summed E-state index contributed by atoms with van der Waals surface area (Å²) < 4.78 is 23.3. The number of rotatable bonds is 3. The van der Waals surface area contributed by atoms with Crippen LogP contribution < -0.4 is 0 Å².